The molecule has 1 unspecified atom stereocenters. The lowest BCUT2D eigenvalue weighted by Gasteiger charge is -2.28. The van der Waals surface area contributed by atoms with Crippen LogP contribution in [0.1, 0.15) is 25.8 Å². The molecule has 0 aromatic heterocycles. The van der Waals surface area contributed by atoms with Crippen LogP contribution >= 0.6 is 15.9 Å². The highest BCUT2D eigenvalue weighted by Gasteiger charge is 2.32. The first-order chi connectivity index (χ1) is 7.89. The number of likely N-dealkylation sites (N-methyl/N-ethyl adjacent to an activating group) is 1. The predicted molar refractivity (Wildman–Crippen MR) is 77.8 cm³/mol. The summed E-state index contributed by atoms with van der Waals surface area (Å²) in [5.74, 6) is 0. The first-order valence-electron chi connectivity index (χ1n) is 6.13. The van der Waals surface area contributed by atoms with Gasteiger partial charge in [0.1, 0.15) is 0 Å². The van der Waals surface area contributed by atoms with E-state index in [1.807, 2.05) is 0 Å². The summed E-state index contributed by atoms with van der Waals surface area (Å²) in [5, 5.41) is 3.58. The van der Waals surface area contributed by atoms with E-state index in [1.165, 1.54) is 17.7 Å². The van der Waals surface area contributed by atoms with Crippen molar-refractivity contribution < 1.29 is 0 Å². The molecule has 0 amide bonds. The Morgan fingerprint density at radius 2 is 2.12 bits per heavy atom. The van der Waals surface area contributed by atoms with Gasteiger partial charge in [-0.05, 0) is 44.9 Å². The molecule has 0 bridgehead atoms. The molecule has 2 nitrogen and oxygen atoms in total. The maximum absolute atomic E-state index is 3.58. The van der Waals surface area contributed by atoms with Crippen LogP contribution in [0.3, 0.4) is 0 Å². The van der Waals surface area contributed by atoms with Gasteiger partial charge in [0, 0.05) is 35.3 Å². The second-order valence-electron chi connectivity index (χ2n) is 5.66. The van der Waals surface area contributed by atoms with Gasteiger partial charge >= 0.3 is 0 Å². The van der Waals surface area contributed by atoms with Gasteiger partial charge in [-0.1, -0.05) is 22.0 Å². The Bertz CT molecular complexity index is 415. The molecule has 0 saturated carbocycles. The average Bonchev–Trinajstić information content (AvgIpc) is 2.61. The van der Waals surface area contributed by atoms with Crippen LogP contribution in [0.5, 0.6) is 0 Å². The second-order valence-corrected chi connectivity index (χ2v) is 6.58. The van der Waals surface area contributed by atoms with E-state index in [0.717, 1.165) is 11.0 Å². The summed E-state index contributed by atoms with van der Waals surface area (Å²) >= 11 is 3.55. The van der Waals surface area contributed by atoms with Crippen molar-refractivity contribution >= 4 is 21.6 Å². The van der Waals surface area contributed by atoms with Crippen LogP contribution in [0.15, 0.2) is 22.7 Å². The molecule has 1 atom stereocenters. The standard InChI is InChI=1S/C14H21BrN2/c1-10-5-6-11(15)7-13(10)17(4)12-8-14(2,3)16-9-12/h5-7,12,16H,8-9H2,1-4H3. The van der Waals surface area contributed by atoms with E-state index in [2.05, 4.69) is 72.2 Å². The van der Waals surface area contributed by atoms with Gasteiger partial charge in [-0.3, -0.25) is 0 Å². The molecule has 0 spiro atoms. The van der Waals surface area contributed by atoms with Gasteiger partial charge in [-0.2, -0.15) is 0 Å². The number of rotatable bonds is 2. The molecule has 3 heteroatoms. The van der Waals surface area contributed by atoms with Crippen LogP contribution in [-0.4, -0.2) is 25.2 Å². The van der Waals surface area contributed by atoms with E-state index in [1.54, 1.807) is 0 Å². The Morgan fingerprint density at radius 1 is 1.41 bits per heavy atom. The minimum Gasteiger partial charge on any atom is -0.370 e. The molecule has 1 aromatic rings. The van der Waals surface area contributed by atoms with Crippen molar-refractivity contribution in [2.45, 2.75) is 38.8 Å². The van der Waals surface area contributed by atoms with Gasteiger partial charge < -0.3 is 10.2 Å². The van der Waals surface area contributed by atoms with Crippen LogP contribution in [0.2, 0.25) is 0 Å². The zero-order chi connectivity index (χ0) is 12.6. The zero-order valence-corrected chi connectivity index (χ0v) is 12.6. The number of hydrogen-bond donors (Lipinski definition) is 1. The summed E-state index contributed by atoms with van der Waals surface area (Å²) in [5.41, 5.74) is 2.92. The molecule has 1 N–H and O–H groups in total. The van der Waals surface area contributed by atoms with Crippen LogP contribution in [0, 0.1) is 6.92 Å². The number of nitrogens with one attached hydrogen (secondary N) is 1. The zero-order valence-electron chi connectivity index (χ0n) is 11.0. The van der Waals surface area contributed by atoms with E-state index in [4.69, 9.17) is 0 Å². The molecule has 0 radical (unpaired) electrons. The van der Waals surface area contributed by atoms with Gasteiger partial charge in [0.15, 0.2) is 0 Å². The van der Waals surface area contributed by atoms with E-state index >= 15 is 0 Å². The summed E-state index contributed by atoms with van der Waals surface area (Å²) in [7, 11) is 2.20. The normalized spacial score (nSPS) is 22.8. The molecule has 1 aliphatic rings. The topological polar surface area (TPSA) is 15.3 Å². The summed E-state index contributed by atoms with van der Waals surface area (Å²) < 4.78 is 1.15. The summed E-state index contributed by atoms with van der Waals surface area (Å²) in [6, 6.07) is 7.06. The molecular formula is C14H21BrN2. The van der Waals surface area contributed by atoms with E-state index in [-0.39, 0.29) is 5.54 Å². The Kier molecular flexibility index (Phi) is 3.50. The fourth-order valence-electron chi connectivity index (χ4n) is 2.56. The van der Waals surface area contributed by atoms with E-state index in [0.29, 0.717) is 6.04 Å². The SMILES string of the molecule is Cc1ccc(Br)cc1N(C)C1CNC(C)(C)C1. The quantitative estimate of drug-likeness (QED) is 0.900. The number of halogens is 1. The third-order valence-electron chi connectivity index (χ3n) is 3.66. The Labute approximate surface area is 113 Å². The number of anilines is 1. The largest absolute Gasteiger partial charge is 0.370 e. The number of hydrogen-bond acceptors (Lipinski definition) is 2. The molecule has 1 saturated heterocycles. The highest BCUT2D eigenvalue weighted by molar-refractivity contribution is 9.10. The molecule has 0 aliphatic carbocycles. The first kappa shape index (κ1) is 12.9. The second kappa shape index (κ2) is 4.62. The third kappa shape index (κ3) is 2.83. The Morgan fingerprint density at radius 3 is 2.71 bits per heavy atom. The molecule has 1 aliphatic heterocycles. The molecule has 1 aromatic carbocycles. The fourth-order valence-corrected chi connectivity index (χ4v) is 2.91. The van der Waals surface area contributed by atoms with Crippen molar-refractivity contribution in [1.82, 2.24) is 5.32 Å². The molecule has 17 heavy (non-hydrogen) atoms. The summed E-state index contributed by atoms with van der Waals surface area (Å²) in [4.78, 5) is 2.40. The lowest BCUT2D eigenvalue weighted by Crippen LogP contribution is -2.33. The molecule has 94 valence electrons. The Balaban J connectivity index is 2.20. The van der Waals surface area contributed by atoms with Crippen LogP contribution in [0.4, 0.5) is 5.69 Å². The number of aryl methyl sites for hydroxylation is 1. The lowest BCUT2D eigenvalue weighted by atomic mass is 10.0. The van der Waals surface area contributed by atoms with Crippen LogP contribution in [-0.2, 0) is 0 Å². The maximum atomic E-state index is 3.58. The van der Waals surface area contributed by atoms with Gasteiger partial charge in [0.05, 0.1) is 0 Å². The van der Waals surface area contributed by atoms with Gasteiger partial charge in [-0.15, -0.1) is 0 Å². The van der Waals surface area contributed by atoms with Gasteiger partial charge in [0.25, 0.3) is 0 Å². The first-order valence-corrected chi connectivity index (χ1v) is 6.92. The fraction of sp³-hybridized carbons (Fsp3) is 0.571. The van der Waals surface area contributed by atoms with Crippen LogP contribution in [0.25, 0.3) is 0 Å². The van der Waals surface area contributed by atoms with Gasteiger partial charge in [0.2, 0.25) is 0 Å². The molecule has 1 fully saturated rings. The Hall–Kier alpha value is -0.540. The van der Waals surface area contributed by atoms with Crippen molar-refractivity contribution in [3.8, 4) is 0 Å². The molecular weight excluding hydrogens is 276 g/mol. The lowest BCUT2D eigenvalue weighted by molar-refractivity contribution is 0.454. The van der Waals surface area contributed by atoms with Crippen molar-refractivity contribution in [2.24, 2.45) is 0 Å². The molecule has 2 rings (SSSR count). The van der Waals surface area contributed by atoms with Crippen molar-refractivity contribution in [2.75, 3.05) is 18.5 Å². The van der Waals surface area contributed by atoms with Crippen LogP contribution < -0.4 is 10.2 Å². The van der Waals surface area contributed by atoms with Gasteiger partial charge in [-0.25, -0.2) is 0 Å². The smallest absolute Gasteiger partial charge is 0.0428 e. The predicted octanol–water partition coefficient (Wildman–Crippen LogP) is 3.33. The molecule has 1 heterocycles. The minimum atomic E-state index is 0.263. The number of nitrogens with zero attached hydrogens (tertiary/aromatic N) is 1. The van der Waals surface area contributed by atoms with Crippen molar-refractivity contribution in [3.05, 3.63) is 28.2 Å². The van der Waals surface area contributed by atoms with E-state index in [9.17, 15) is 0 Å². The monoisotopic (exact) mass is 296 g/mol. The van der Waals surface area contributed by atoms with Crippen molar-refractivity contribution in [3.63, 3.8) is 0 Å². The summed E-state index contributed by atoms with van der Waals surface area (Å²) in [6.07, 6.45) is 1.19. The average molecular weight is 297 g/mol. The van der Waals surface area contributed by atoms with Crippen molar-refractivity contribution in [1.29, 1.82) is 0 Å². The van der Waals surface area contributed by atoms with E-state index < -0.39 is 0 Å². The maximum Gasteiger partial charge on any atom is 0.0428 e. The highest BCUT2D eigenvalue weighted by Crippen LogP contribution is 2.29. The third-order valence-corrected chi connectivity index (χ3v) is 4.15. The summed E-state index contributed by atoms with van der Waals surface area (Å²) in [6.45, 7) is 7.78. The minimum absolute atomic E-state index is 0.263. The highest BCUT2D eigenvalue weighted by atomic mass is 79.9. The number of benzene rings is 1.